The first-order chi connectivity index (χ1) is 13.9. The number of imidazole rings is 1. The molecule has 0 spiro atoms. The van der Waals surface area contributed by atoms with Crippen LogP contribution >= 0.6 is 11.6 Å². The Balaban J connectivity index is 1.20. The van der Waals surface area contributed by atoms with E-state index in [2.05, 4.69) is 10.3 Å². The van der Waals surface area contributed by atoms with Crippen LogP contribution in [0.4, 0.5) is 13.2 Å². The maximum absolute atomic E-state index is 13.6. The Morgan fingerprint density at radius 2 is 1.83 bits per heavy atom. The number of nitrogens with one attached hydrogen (secondary N) is 1. The lowest BCUT2D eigenvalue weighted by Gasteiger charge is -2.17. The van der Waals surface area contributed by atoms with Gasteiger partial charge in [-0.2, -0.15) is 0 Å². The number of carbonyl (C=O) groups excluding carboxylic acids is 1. The van der Waals surface area contributed by atoms with Gasteiger partial charge < -0.3 is 9.88 Å². The van der Waals surface area contributed by atoms with Crippen LogP contribution in [0.2, 0.25) is 5.02 Å². The minimum atomic E-state index is -0.895. The van der Waals surface area contributed by atoms with E-state index < -0.39 is 17.5 Å². The van der Waals surface area contributed by atoms with Gasteiger partial charge in [0.05, 0.1) is 22.4 Å². The molecule has 5 rings (SSSR count). The number of hydrogen-bond donors (Lipinski definition) is 1. The molecule has 0 bridgehead atoms. The van der Waals surface area contributed by atoms with Gasteiger partial charge in [-0.1, -0.05) is 11.6 Å². The van der Waals surface area contributed by atoms with Gasteiger partial charge in [-0.15, -0.1) is 0 Å². The van der Waals surface area contributed by atoms with Crippen LogP contribution in [0.5, 0.6) is 0 Å². The van der Waals surface area contributed by atoms with Crippen molar-refractivity contribution < 1.29 is 18.0 Å². The predicted octanol–water partition coefficient (Wildman–Crippen LogP) is 4.73. The fourth-order valence-electron chi connectivity index (χ4n) is 4.74. The fourth-order valence-corrected chi connectivity index (χ4v) is 4.86. The lowest BCUT2D eigenvalue weighted by atomic mass is 10.1. The standard InChI is InChI=1S/C21H17ClF3N3O/c22-15-2-1-10(3-16(15)23)21(29)26-8-14-12-4-11(5-13(12)14)28-9-27-19-6-17(24)18(25)7-20(19)28/h1-3,6-7,9,11-14H,4-5,8H2,(H,26,29)/t11-,12-,13+,14+. The number of amides is 1. The van der Waals surface area contributed by atoms with Gasteiger partial charge in [0.2, 0.25) is 0 Å². The van der Waals surface area contributed by atoms with Crippen LogP contribution in [0, 0.1) is 35.2 Å². The predicted molar refractivity (Wildman–Crippen MR) is 102 cm³/mol. The van der Waals surface area contributed by atoms with Gasteiger partial charge in [0.15, 0.2) is 11.6 Å². The molecule has 2 aromatic carbocycles. The SMILES string of the molecule is O=C(NC[C@@H]1[C@H]2C[C@H](n3cnc4cc(F)c(F)cc43)C[C@@H]12)c1ccc(Cl)c(F)c1. The third-order valence-electron chi connectivity index (χ3n) is 6.29. The third kappa shape index (κ3) is 3.17. The molecule has 4 nitrogen and oxygen atoms in total. The molecule has 1 heterocycles. The zero-order chi connectivity index (χ0) is 20.3. The third-order valence-corrected chi connectivity index (χ3v) is 6.59. The van der Waals surface area contributed by atoms with Crippen molar-refractivity contribution in [1.29, 1.82) is 0 Å². The van der Waals surface area contributed by atoms with E-state index in [1.54, 1.807) is 6.33 Å². The first-order valence-corrected chi connectivity index (χ1v) is 9.85. The van der Waals surface area contributed by atoms with Gasteiger partial charge in [0.25, 0.3) is 5.91 Å². The summed E-state index contributed by atoms with van der Waals surface area (Å²) in [5, 5.41) is 2.86. The average Bonchev–Trinajstić information content (AvgIpc) is 3.02. The van der Waals surface area contributed by atoms with Crippen LogP contribution in [0.15, 0.2) is 36.7 Å². The molecule has 2 aliphatic rings. The monoisotopic (exact) mass is 419 g/mol. The van der Waals surface area contributed by atoms with Gasteiger partial charge in [-0.3, -0.25) is 4.79 Å². The Labute approximate surface area is 169 Å². The second-order valence-corrected chi connectivity index (χ2v) is 8.27. The Hall–Kier alpha value is -2.54. The summed E-state index contributed by atoms with van der Waals surface area (Å²) >= 11 is 5.64. The number of nitrogens with zero attached hydrogens (tertiary/aromatic N) is 2. The molecule has 1 amide bonds. The maximum atomic E-state index is 13.6. The summed E-state index contributed by atoms with van der Waals surface area (Å²) in [6.45, 7) is 0.537. The molecule has 3 aromatic rings. The maximum Gasteiger partial charge on any atom is 0.251 e. The molecular formula is C21H17ClF3N3O. The highest BCUT2D eigenvalue weighted by molar-refractivity contribution is 6.30. The number of hydrogen-bond acceptors (Lipinski definition) is 2. The summed E-state index contributed by atoms with van der Waals surface area (Å²) in [4.78, 5) is 16.4. The highest BCUT2D eigenvalue weighted by Crippen LogP contribution is 2.60. The van der Waals surface area contributed by atoms with E-state index in [1.807, 2.05) is 4.57 Å². The van der Waals surface area contributed by atoms with Crippen molar-refractivity contribution in [3.63, 3.8) is 0 Å². The zero-order valence-electron chi connectivity index (χ0n) is 15.2. The summed E-state index contributed by atoms with van der Waals surface area (Å²) < 4.78 is 42.4. The minimum Gasteiger partial charge on any atom is -0.352 e. The summed E-state index contributed by atoms with van der Waals surface area (Å²) in [5.74, 6) is -1.36. The van der Waals surface area contributed by atoms with Crippen molar-refractivity contribution in [1.82, 2.24) is 14.9 Å². The Kier molecular flexibility index (Phi) is 4.31. The molecule has 2 fully saturated rings. The molecule has 0 aliphatic heterocycles. The number of rotatable bonds is 4. The van der Waals surface area contributed by atoms with Gasteiger partial charge in [-0.05, 0) is 48.8 Å². The Morgan fingerprint density at radius 1 is 1.10 bits per heavy atom. The molecule has 29 heavy (non-hydrogen) atoms. The smallest absolute Gasteiger partial charge is 0.251 e. The van der Waals surface area contributed by atoms with Crippen LogP contribution in [0.1, 0.15) is 29.2 Å². The van der Waals surface area contributed by atoms with Crippen molar-refractivity contribution in [2.45, 2.75) is 18.9 Å². The highest BCUT2D eigenvalue weighted by atomic mass is 35.5. The normalized spacial score (nSPS) is 25.2. The van der Waals surface area contributed by atoms with Crippen LogP contribution in [0.3, 0.4) is 0 Å². The number of fused-ring (bicyclic) bond motifs is 2. The van der Waals surface area contributed by atoms with Crippen molar-refractivity contribution in [3.8, 4) is 0 Å². The second-order valence-electron chi connectivity index (χ2n) is 7.86. The van der Waals surface area contributed by atoms with E-state index >= 15 is 0 Å². The molecule has 150 valence electrons. The summed E-state index contributed by atoms with van der Waals surface area (Å²) in [6.07, 6.45) is 3.46. The Morgan fingerprint density at radius 3 is 2.55 bits per heavy atom. The van der Waals surface area contributed by atoms with Gasteiger partial charge >= 0.3 is 0 Å². The first kappa shape index (κ1) is 18.5. The quantitative estimate of drug-likeness (QED) is 0.664. The molecule has 4 atom stereocenters. The number of halogens is 4. The Bertz CT molecular complexity index is 1120. The highest BCUT2D eigenvalue weighted by Gasteiger charge is 2.56. The minimum absolute atomic E-state index is 0.0148. The number of aromatic nitrogens is 2. The van der Waals surface area contributed by atoms with E-state index in [1.165, 1.54) is 18.2 Å². The van der Waals surface area contributed by atoms with Gasteiger partial charge in [0.1, 0.15) is 5.82 Å². The fraction of sp³-hybridized carbons (Fsp3) is 0.333. The van der Waals surface area contributed by atoms with Crippen molar-refractivity contribution in [3.05, 3.63) is 64.7 Å². The van der Waals surface area contributed by atoms with Crippen LogP contribution < -0.4 is 5.32 Å². The molecule has 0 saturated heterocycles. The average molecular weight is 420 g/mol. The molecule has 2 saturated carbocycles. The molecule has 1 N–H and O–H groups in total. The van der Waals surface area contributed by atoms with E-state index in [-0.39, 0.29) is 22.5 Å². The van der Waals surface area contributed by atoms with Crippen LogP contribution in [-0.4, -0.2) is 22.0 Å². The van der Waals surface area contributed by atoms with Crippen LogP contribution in [-0.2, 0) is 0 Å². The van der Waals surface area contributed by atoms with Crippen molar-refractivity contribution in [2.24, 2.45) is 17.8 Å². The van der Waals surface area contributed by atoms with Crippen molar-refractivity contribution >= 4 is 28.5 Å². The van der Waals surface area contributed by atoms with E-state index in [4.69, 9.17) is 11.6 Å². The lowest BCUT2D eigenvalue weighted by molar-refractivity contribution is 0.0949. The van der Waals surface area contributed by atoms with Crippen LogP contribution in [0.25, 0.3) is 11.0 Å². The number of benzene rings is 2. The summed E-state index contributed by atoms with van der Waals surface area (Å²) in [7, 11) is 0. The first-order valence-electron chi connectivity index (χ1n) is 9.47. The van der Waals surface area contributed by atoms with Gasteiger partial charge in [0, 0.05) is 30.3 Å². The molecule has 2 aliphatic carbocycles. The topological polar surface area (TPSA) is 46.9 Å². The van der Waals surface area contributed by atoms with E-state index in [0.717, 1.165) is 25.0 Å². The van der Waals surface area contributed by atoms with Crippen molar-refractivity contribution in [2.75, 3.05) is 6.54 Å². The summed E-state index contributed by atoms with van der Waals surface area (Å²) in [6, 6.07) is 6.51. The van der Waals surface area contributed by atoms with E-state index in [0.29, 0.717) is 35.3 Å². The van der Waals surface area contributed by atoms with Gasteiger partial charge in [-0.25, -0.2) is 18.2 Å². The lowest BCUT2D eigenvalue weighted by Crippen LogP contribution is -2.27. The second kappa shape index (κ2) is 6.76. The zero-order valence-corrected chi connectivity index (χ0v) is 16.0. The number of carbonyl (C=O) groups is 1. The molecule has 0 unspecified atom stereocenters. The summed E-state index contributed by atoms with van der Waals surface area (Å²) in [5.41, 5.74) is 1.29. The molecule has 8 heteroatoms. The molecule has 1 aromatic heterocycles. The molecular weight excluding hydrogens is 403 g/mol. The largest absolute Gasteiger partial charge is 0.352 e. The van der Waals surface area contributed by atoms with E-state index in [9.17, 15) is 18.0 Å². The molecule has 0 radical (unpaired) electrons.